The van der Waals surface area contributed by atoms with Gasteiger partial charge in [-0.2, -0.15) is 0 Å². The summed E-state index contributed by atoms with van der Waals surface area (Å²) in [5.41, 5.74) is 4.73. The zero-order chi connectivity index (χ0) is 20.9. The molecular formula is C23H25NO4S. The van der Waals surface area contributed by atoms with Gasteiger partial charge in [0.05, 0.1) is 10.6 Å². The van der Waals surface area contributed by atoms with Crippen LogP contribution in [0.5, 0.6) is 0 Å². The summed E-state index contributed by atoms with van der Waals surface area (Å²) >= 11 is 0. The van der Waals surface area contributed by atoms with Crippen molar-refractivity contribution in [3.63, 3.8) is 0 Å². The molecule has 0 unspecified atom stereocenters. The monoisotopic (exact) mass is 411 g/mol. The molecule has 0 aliphatic heterocycles. The summed E-state index contributed by atoms with van der Waals surface area (Å²) in [7, 11) is -4.04. The first kappa shape index (κ1) is 19.7. The molecule has 6 heteroatoms. The summed E-state index contributed by atoms with van der Waals surface area (Å²) in [6.45, 7) is 6.85. The maximum Gasteiger partial charge on any atom is 0.271 e. The van der Waals surface area contributed by atoms with Crippen molar-refractivity contribution in [2.24, 2.45) is 0 Å². The Kier molecular flexibility index (Phi) is 4.77. The van der Waals surface area contributed by atoms with Crippen molar-refractivity contribution in [3.05, 3.63) is 58.3 Å². The molecule has 0 saturated heterocycles. The summed E-state index contributed by atoms with van der Waals surface area (Å²) in [6, 6.07) is 8.68. The van der Waals surface area contributed by atoms with E-state index in [0.717, 1.165) is 63.4 Å². The fourth-order valence-corrected chi connectivity index (χ4v) is 5.89. The van der Waals surface area contributed by atoms with Gasteiger partial charge >= 0.3 is 0 Å². The zero-order valence-electron chi connectivity index (χ0n) is 17.2. The Morgan fingerprint density at radius 2 is 1.66 bits per heavy atom. The zero-order valence-corrected chi connectivity index (χ0v) is 18.0. The van der Waals surface area contributed by atoms with Crippen molar-refractivity contribution >= 4 is 32.6 Å². The van der Waals surface area contributed by atoms with Crippen molar-refractivity contribution in [2.45, 2.75) is 58.3 Å². The van der Waals surface area contributed by atoms with E-state index in [1.165, 1.54) is 6.92 Å². The van der Waals surface area contributed by atoms with E-state index in [1.54, 1.807) is 31.2 Å². The molecule has 0 bridgehead atoms. The molecule has 3 aromatic rings. The summed E-state index contributed by atoms with van der Waals surface area (Å²) in [6.07, 6.45) is 3.99. The predicted octanol–water partition coefficient (Wildman–Crippen LogP) is 4.98. The normalized spacial score (nSPS) is 14.1. The van der Waals surface area contributed by atoms with Gasteiger partial charge in [0.1, 0.15) is 11.3 Å². The molecule has 1 aromatic heterocycles. The van der Waals surface area contributed by atoms with Crippen LogP contribution in [0.2, 0.25) is 0 Å². The smallest absolute Gasteiger partial charge is 0.271 e. The van der Waals surface area contributed by atoms with E-state index in [4.69, 9.17) is 4.42 Å². The number of hydrogen-bond donors (Lipinski definition) is 0. The standard InChI is InChI=1S/C23H25NO4S/c1-14-11-16(3)23(12-15(14)2)29(26,27)24(17(4)25)18-9-10-22-20(13-18)19-7-5-6-8-21(19)28-22/h9-13H,5-8H2,1-4H3. The fourth-order valence-electron chi connectivity index (χ4n) is 4.18. The Bertz CT molecular complexity index is 1240. The lowest BCUT2D eigenvalue weighted by atomic mass is 9.96. The van der Waals surface area contributed by atoms with Gasteiger partial charge in [-0.05, 0) is 81.0 Å². The van der Waals surface area contributed by atoms with E-state index in [2.05, 4.69) is 0 Å². The highest BCUT2D eigenvalue weighted by Crippen LogP contribution is 2.36. The lowest BCUT2D eigenvalue weighted by Crippen LogP contribution is -2.35. The van der Waals surface area contributed by atoms with E-state index in [0.29, 0.717) is 11.3 Å². The lowest BCUT2D eigenvalue weighted by Gasteiger charge is -2.23. The number of anilines is 1. The maximum absolute atomic E-state index is 13.5. The molecule has 5 nitrogen and oxygen atoms in total. The summed E-state index contributed by atoms with van der Waals surface area (Å²) in [5.74, 6) is 0.435. The number of amides is 1. The molecule has 0 spiro atoms. The molecule has 29 heavy (non-hydrogen) atoms. The Morgan fingerprint density at radius 3 is 2.38 bits per heavy atom. The molecule has 4 rings (SSSR count). The number of benzene rings is 2. The number of carbonyl (C=O) groups is 1. The molecule has 2 aromatic carbocycles. The van der Waals surface area contributed by atoms with Crippen molar-refractivity contribution in [1.82, 2.24) is 0 Å². The highest BCUT2D eigenvalue weighted by Gasteiger charge is 2.31. The van der Waals surface area contributed by atoms with Crippen molar-refractivity contribution in [2.75, 3.05) is 4.31 Å². The third-order valence-electron chi connectivity index (χ3n) is 5.77. The third kappa shape index (κ3) is 3.25. The number of sulfonamides is 1. The molecule has 152 valence electrons. The van der Waals surface area contributed by atoms with Crippen LogP contribution in [0.15, 0.2) is 39.6 Å². The predicted molar refractivity (Wildman–Crippen MR) is 114 cm³/mol. The summed E-state index contributed by atoms with van der Waals surface area (Å²) in [4.78, 5) is 12.7. The number of carbonyl (C=O) groups excluding carboxylic acids is 1. The molecule has 1 aliphatic carbocycles. The van der Waals surface area contributed by atoms with Crippen molar-refractivity contribution in [3.8, 4) is 0 Å². The quantitative estimate of drug-likeness (QED) is 0.610. The van der Waals surface area contributed by atoms with Gasteiger partial charge < -0.3 is 4.42 Å². The highest BCUT2D eigenvalue weighted by molar-refractivity contribution is 7.93. The second kappa shape index (κ2) is 7.02. The molecule has 1 aliphatic rings. The van der Waals surface area contributed by atoms with E-state index in [-0.39, 0.29) is 4.90 Å². The van der Waals surface area contributed by atoms with Crippen molar-refractivity contribution < 1.29 is 17.6 Å². The number of aryl methyl sites for hydroxylation is 5. The minimum Gasteiger partial charge on any atom is -0.461 e. The average Bonchev–Trinajstić information content (AvgIpc) is 3.02. The molecule has 0 N–H and O–H groups in total. The van der Waals surface area contributed by atoms with E-state index in [9.17, 15) is 13.2 Å². The third-order valence-corrected chi connectivity index (χ3v) is 7.71. The fraction of sp³-hybridized carbons (Fsp3) is 0.348. The molecule has 0 atom stereocenters. The lowest BCUT2D eigenvalue weighted by molar-refractivity contribution is -0.115. The van der Waals surface area contributed by atoms with Gasteiger partial charge in [-0.1, -0.05) is 6.07 Å². The number of hydrogen-bond acceptors (Lipinski definition) is 4. The van der Waals surface area contributed by atoms with Crippen LogP contribution in [0.4, 0.5) is 5.69 Å². The number of furan rings is 1. The number of nitrogens with zero attached hydrogens (tertiary/aromatic N) is 1. The topological polar surface area (TPSA) is 67.6 Å². The molecule has 0 fully saturated rings. The first-order valence-corrected chi connectivity index (χ1v) is 11.3. The van der Waals surface area contributed by atoms with E-state index in [1.807, 2.05) is 19.9 Å². The summed E-state index contributed by atoms with van der Waals surface area (Å²) in [5, 5.41) is 0.899. The molecule has 0 radical (unpaired) electrons. The van der Waals surface area contributed by atoms with Gasteiger partial charge in [0.15, 0.2) is 0 Å². The van der Waals surface area contributed by atoms with E-state index < -0.39 is 15.9 Å². The Hall–Kier alpha value is -2.60. The largest absolute Gasteiger partial charge is 0.461 e. The molecule has 1 amide bonds. The second-order valence-corrected chi connectivity index (χ2v) is 9.64. The first-order chi connectivity index (χ1) is 13.7. The minimum atomic E-state index is -4.04. The average molecular weight is 412 g/mol. The van der Waals surface area contributed by atoms with Gasteiger partial charge in [-0.15, -0.1) is 0 Å². The van der Waals surface area contributed by atoms with Gasteiger partial charge in [0, 0.05) is 24.3 Å². The van der Waals surface area contributed by atoms with Crippen LogP contribution >= 0.6 is 0 Å². The van der Waals surface area contributed by atoms with Crippen LogP contribution < -0.4 is 4.31 Å². The minimum absolute atomic E-state index is 0.158. The van der Waals surface area contributed by atoms with Gasteiger partial charge in [0.2, 0.25) is 5.91 Å². The number of fused-ring (bicyclic) bond motifs is 3. The van der Waals surface area contributed by atoms with E-state index >= 15 is 0 Å². The molecule has 0 saturated carbocycles. The Morgan fingerprint density at radius 1 is 0.966 bits per heavy atom. The summed E-state index contributed by atoms with van der Waals surface area (Å²) < 4.78 is 33.9. The SMILES string of the molecule is CC(=O)N(c1ccc2oc3c(c2c1)CCCC3)S(=O)(=O)c1cc(C)c(C)cc1C. The van der Waals surface area contributed by atoms with Crippen LogP contribution in [0.1, 0.15) is 47.8 Å². The number of rotatable bonds is 3. The van der Waals surface area contributed by atoms with Gasteiger partial charge in [-0.3, -0.25) is 4.79 Å². The van der Waals surface area contributed by atoms with Crippen LogP contribution in [-0.2, 0) is 27.7 Å². The van der Waals surface area contributed by atoms with Crippen molar-refractivity contribution in [1.29, 1.82) is 0 Å². The maximum atomic E-state index is 13.5. The molecule has 1 heterocycles. The highest BCUT2D eigenvalue weighted by atomic mass is 32.2. The first-order valence-electron chi connectivity index (χ1n) is 9.88. The Labute approximate surface area is 171 Å². The second-order valence-electron chi connectivity index (χ2n) is 7.88. The van der Waals surface area contributed by atoms with Crippen LogP contribution in [0, 0.1) is 20.8 Å². The van der Waals surface area contributed by atoms with Gasteiger partial charge in [-0.25, -0.2) is 12.7 Å². The molecular weight excluding hydrogens is 386 g/mol. The Balaban J connectivity index is 1.88. The van der Waals surface area contributed by atoms with Crippen LogP contribution in [0.25, 0.3) is 11.0 Å². The van der Waals surface area contributed by atoms with Gasteiger partial charge in [0.25, 0.3) is 10.0 Å². The van der Waals surface area contributed by atoms with Crippen LogP contribution in [-0.4, -0.2) is 14.3 Å². The van der Waals surface area contributed by atoms with Crippen LogP contribution in [0.3, 0.4) is 0 Å².